The van der Waals surface area contributed by atoms with Crippen molar-refractivity contribution in [2.24, 2.45) is 5.92 Å². The van der Waals surface area contributed by atoms with Crippen LogP contribution in [-0.4, -0.2) is 54.0 Å². The van der Waals surface area contributed by atoms with Crippen LogP contribution in [0.5, 0.6) is 0 Å². The van der Waals surface area contributed by atoms with Crippen LogP contribution in [0.25, 0.3) is 11.0 Å². The number of sulfonamides is 1. The molecule has 4 rings (SSSR count). The van der Waals surface area contributed by atoms with Crippen molar-refractivity contribution in [3.05, 3.63) is 42.4 Å². The van der Waals surface area contributed by atoms with Gasteiger partial charge in [0.25, 0.3) is 0 Å². The quantitative estimate of drug-likeness (QED) is 0.638. The Morgan fingerprint density at radius 2 is 2.00 bits per heavy atom. The minimum Gasteiger partial charge on any atom is -0.467 e. The highest BCUT2D eigenvalue weighted by Crippen LogP contribution is 2.28. The van der Waals surface area contributed by atoms with Crippen molar-refractivity contribution in [2.45, 2.75) is 24.3 Å². The molecule has 9 nitrogen and oxygen atoms in total. The zero-order valence-corrected chi connectivity index (χ0v) is 16.1. The van der Waals surface area contributed by atoms with Crippen molar-refractivity contribution in [2.75, 3.05) is 20.1 Å². The zero-order valence-electron chi connectivity index (χ0n) is 15.3. The largest absolute Gasteiger partial charge is 0.467 e. The topological polar surface area (TPSA) is 110 Å². The third-order valence-electron chi connectivity index (χ3n) is 5.02. The lowest BCUT2D eigenvalue weighted by atomic mass is 9.96. The Hall–Kier alpha value is -2.72. The number of furan rings is 1. The summed E-state index contributed by atoms with van der Waals surface area (Å²) < 4.78 is 37.4. The number of piperidine rings is 1. The molecule has 3 heterocycles. The lowest BCUT2D eigenvalue weighted by Crippen LogP contribution is -2.43. The monoisotopic (exact) mass is 404 g/mol. The van der Waals surface area contributed by atoms with Gasteiger partial charge in [-0.2, -0.15) is 4.31 Å². The number of hydrogen-bond donors (Lipinski definition) is 0. The van der Waals surface area contributed by atoms with E-state index in [-0.39, 0.29) is 35.3 Å². The van der Waals surface area contributed by atoms with Crippen LogP contribution < -0.4 is 0 Å². The summed E-state index contributed by atoms with van der Waals surface area (Å²) in [7, 11) is -2.01. The standard InChI is InChI=1S/C18H20N4O5S/c1-21(12-14-4-3-11-26-14)18(23)13-7-9-22(10-8-13)28(24,25)16-6-2-5-15-17(16)20-27-19-15/h2-6,11,13H,7-10,12H2,1H3. The van der Waals surface area contributed by atoms with E-state index in [1.807, 2.05) is 6.07 Å². The first-order valence-corrected chi connectivity index (χ1v) is 10.4. The number of aromatic nitrogens is 2. The summed E-state index contributed by atoms with van der Waals surface area (Å²) in [5.41, 5.74) is 0.615. The van der Waals surface area contributed by atoms with Crippen molar-refractivity contribution in [3.63, 3.8) is 0 Å². The number of carbonyl (C=O) groups is 1. The fourth-order valence-corrected chi connectivity index (χ4v) is 5.10. The first kappa shape index (κ1) is 18.6. The Balaban J connectivity index is 1.43. The lowest BCUT2D eigenvalue weighted by Gasteiger charge is -2.32. The maximum absolute atomic E-state index is 13.0. The average Bonchev–Trinajstić information content (AvgIpc) is 3.38. The van der Waals surface area contributed by atoms with Crippen LogP contribution in [-0.2, 0) is 21.4 Å². The van der Waals surface area contributed by atoms with Gasteiger partial charge in [0.15, 0.2) is 5.52 Å². The number of hydrogen-bond acceptors (Lipinski definition) is 7. The third kappa shape index (κ3) is 3.40. The summed E-state index contributed by atoms with van der Waals surface area (Å²) >= 11 is 0. The Labute approximate surface area is 161 Å². The summed E-state index contributed by atoms with van der Waals surface area (Å²) in [5.74, 6) is 0.498. The molecule has 1 aliphatic rings. The molecule has 1 amide bonds. The van der Waals surface area contributed by atoms with E-state index in [1.165, 1.54) is 10.4 Å². The summed E-state index contributed by atoms with van der Waals surface area (Å²) in [6, 6.07) is 8.35. The van der Waals surface area contributed by atoms with E-state index in [0.717, 1.165) is 0 Å². The molecule has 0 aliphatic carbocycles. The van der Waals surface area contributed by atoms with Crippen molar-refractivity contribution in [1.29, 1.82) is 0 Å². The first-order chi connectivity index (χ1) is 13.5. The minimum absolute atomic E-state index is 0.00347. The van der Waals surface area contributed by atoms with Crippen LogP contribution in [0.4, 0.5) is 0 Å². The highest BCUT2D eigenvalue weighted by atomic mass is 32.2. The molecule has 1 aliphatic heterocycles. The fraction of sp³-hybridized carbons (Fsp3) is 0.389. The smallest absolute Gasteiger partial charge is 0.245 e. The van der Waals surface area contributed by atoms with Crippen molar-refractivity contribution in [1.82, 2.24) is 19.5 Å². The van der Waals surface area contributed by atoms with Gasteiger partial charge in [-0.1, -0.05) is 6.07 Å². The van der Waals surface area contributed by atoms with Gasteiger partial charge < -0.3 is 9.32 Å². The average molecular weight is 404 g/mol. The van der Waals surface area contributed by atoms with Gasteiger partial charge >= 0.3 is 0 Å². The predicted molar refractivity (Wildman–Crippen MR) is 98.5 cm³/mol. The molecule has 0 spiro atoms. The van der Waals surface area contributed by atoms with Crippen LogP contribution in [0.2, 0.25) is 0 Å². The molecule has 1 fully saturated rings. The van der Waals surface area contributed by atoms with Gasteiger partial charge in [0.05, 0.1) is 12.8 Å². The molecule has 10 heteroatoms. The summed E-state index contributed by atoms with van der Waals surface area (Å²) in [4.78, 5) is 14.4. The van der Waals surface area contributed by atoms with E-state index < -0.39 is 10.0 Å². The van der Waals surface area contributed by atoms with Gasteiger partial charge in [-0.15, -0.1) is 0 Å². The molecule has 0 atom stereocenters. The second-order valence-corrected chi connectivity index (χ2v) is 8.75. The maximum Gasteiger partial charge on any atom is 0.245 e. The van der Waals surface area contributed by atoms with Gasteiger partial charge in [0.2, 0.25) is 15.9 Å². The Morgan fingerprint density at radius 1 is 1.21 bits per heavy atom. The van der Waals surface area contributed by atoms with Gasteiger partial charge in [0.1, 0.15) is 16.2 Å². The second-order valence-electron chi connectivity index (χ2n) is 6.84. The van der Waals surface area contributed by atoms with Crippen LogP contribution in [0.15, 0.2) is 50.5 Å². The molecule has 1 aromatic carbocycles. The van der Waals surface area contributed by atoms with E-state index >= 15 is 0 Å². The number of fused-ring (bicyclic) bond motifs is 1. The number of nitrogens with zero attached hydrogens (tertiary/aromatic N) is 4. The SMILES string of the molecule is CN(Cc1ccco1)C(=O)C1CCN(S(=O)(=O)c2cccc3nonc23)CC1. The Kier molecular flexibility index (Phi) is 4.90. The summed E-state index contributed by atoms with van der Waals surface area (Å²) in [6.45, 7) is 0.940. The van der Waals surface area contributed by atoms with Crippen LogP contribution >= 0.6 is 0 Å². The molecule has 28 heavy (non-hydrogen) atoms. The van der Waals surface area contributed by atoms with Gasteiger partial charge in [-0.25, -0.2) is 13.0 Å². The third-order valence-corrected chi connectivity index (χ3v) is 6.95. The number of carbonyl (C=O) groups excluding carboxylic acids is 1. The molecule has 0 saturated carbocycles. The fourth-order valence-electron chi connectivity index (χ4n) is 3.50. The molecule has 1 saturated heterocycles. The molecule has 3 aromatic rings. The van der Waals surface area contributed by atoms with E-state index in [4.69, 9.17) is 4.42 Å². The summed E-state index contributed by atoms with van der Waals surface area (Å²) in [5, 5.41) is 7.42. The molecular weight excluding hydrogens is 384 g/mol. The highest BCUT2D eigenvalue weighted by Gasteiger charge is 2.34. The van der Waals surface area contributed by atoms with E-state index in [2.05, 4.69) is 14.9 Å². The summed E-state index contributed by atoms with van der Waals surface area (Å²) in [6.07, 6.45) is 2.50. The Bertz CT molecular complexity index is 1070. The van der Waals surface area contributed by atoms with Crippen LogP contribution in [0, 0.1) is 5.92 Å². The van der Waals surface area contributed by atoms with Crippen molar-refractivity contribution in [3.8, 4) is 0 Å². The molecule has 0 N–H and O–H groups in total. The van der Waals surface area contributed by atoms with E-state index in [9.17, 15) is 13.2 Å². The number of amides is 1. The van der Waals surface area contributed by atoms with Gasteiger partial charge in [-0.05, 0) is 47.4 Å². The molecule has 0 unspecified atom stereocenters. The number of benzene rings is 1. The number of rotatable bonds is 5. The predicted octanol–water partition coefficient (Wildman–Crippen LogP) is 1.88. The Morgan fingerprint density at radius 3 is 2.71 bits per heavy atom. The van der Waals surface area contributed by atoms with E-state index in [1.54, 1.807) is 36.4 Å². The normalized spacial score (nSPS) is 16.5. The van der Waals surface area contributed by atoms with Crippen LogP contribution in [0.1, 0.15) is 18.6 Å². The van der Waals surface area contributed by atoms with Gasteiger partial charge in [-0.3, -0.25) is 4.79 Å². The molecule has 2 aromatic heterocycles. The van der Waals surface area contributed by atoms with Crippen LogP contribution in [0.3, 0.4) is 0 Å². The zero-order chi connectivity index (χ0) is 19.7. The molecule has 0 radical (unpaired) electrons. The molecular formula is C18H20N4O5S. The van der Waals surface area contributed by atoms with Gasteiger partial charge in [0, 0.05) is 26.1 Å². The molecule has 148 valence electrons. The highest BCUT2D eigenvalue weighted by molar-refractivity contribution is 7.89. The minimum atomic E-state index is -3.74. The first-order valence-electron chi connectivity index (χ1n) is 8.95. The van der Waals surface area contributed by atoms with Crippen molar-refractivity contribution >= 4 is 27.0 Å². The van der Waals surface area contributed by atoms with E-state index in [0.29, 0.717) is 30.7 Å². The maximum atomic E-state index is 13.0. The lowest BCUT2D eigenvalue weighted by molar-refractivity contribution is -0.136. The van der Waals surface area contributed by atoms with Crippen molar-refractivity contribution < 1.29 is 22.3 Å². The molecule has 0 bridgehead atoms. The second kappa shape index (κ2) is 7.36.